The Balaban J connectivity index is 1.89. The molecule has 2 amide bonds. The van der Waals surface area contributed by atoms with Gasteiger partial charge in [-0.05, 0) is 47.9 Å². The van der Waals surface area contributed by atoms with Crippen LogP contribution in [0.15, 0.2) is 61.2 Å². The molecule has 0 radical (unpaired) electrons. The number of benzene rings is 2. The third-order valence-electron chi connectivity index (χ3n) is 4.44. The lowest BCUT2D eigenvalue weighted by molar-refractivity contribution is -0.181. The summed E-state index contributed by atoms with van der Waals surface area (Å²) in [5.41, 5.74) is 1.26. The van der Waals surface area contributed by atoms with Crippen LogP contribution in [0.2, 0.25) is 0 Å². The summed E-state index contributed by atoms with van der Waals surface area (Å²) in [6, 6.07) is 10.1. The number of hydrogen-bond donors (Lipinski definition) is 1. The fraction of sp³-hybridized carbons (Fsp3) is 0.200. The van der Waals surface area contributed by atoms with Gasteiger partial charge in [-0.2, -0.15) is 13.2 Å². The highest BCUT2D eigenvalue weighted by atomic mass is 19.4. The second-order valence-electron chi connectivity index (χ2n) is 6.16. The summed E-state index contributed by atoms with van der Waals surface area (Å²) in [6.45, 7) is 3.32. The van der Waals surface area contributed by atoms with E-state index >= 15 is 0 Å². The van der Waals surface area contributed by atoms with E-state index in [1.807, 2.05) is 0 Å². The number of carbonyl (C=O) groups is 2. The summed E-state index contributed by atoms with van der Waals surface area (Å²) < 4.78 is 41.2. The largest absolute Gasteiger partial charge is 0.413 e. The van der Waals surface area contributed by atoms with E-state index in [1.54, 1.807) is 18.2 Å². The van der Waals surface area contributed by atoms with Crippen LogP contribution >= 0.6 is 0 Å². The molecule has 1 aliphatic rings. The minimum Gasteiger partial charge on any atom is -0.323 e. The van der Waals surface area contributed by atoms with Gasteiger partial charge in [-0.15, -0.1) is 0 Å². The highest BCUT2D eigenvalue weighted by Gasteiger charge is 2.48. The molecular formula is C20H17F3N2O2. The van der Waals surface area contributed by atoms with Crippen LogP contribution in [0.1, 0.15) is 27.5 Å². The van der Waals surface area contributed by atoms with E-state index in [0.717, 1.165) is 11.0 Å². The maximum Gasteiger partial charge on any atom is 0.413 e. The molecule has 0 bridgehead atoms. The highest BCUT2D eigenvalue weighted by Crippen LogP contribution is 2.42. The van der Waals surface area contributed by atoms with Gasteiger partial charge in [-0.1, -0.05) is 30.8 Å². The summed E-state index contributed by atoms with van der Waals surface area (Å²) in [5, 5.41) is 2.52. The number of nitrogens with zero attached hydrogens (tertiary/aromatic N) is 1. The number of hydrogen-bond acceptors (Lipinski definition) is 2. The van der Waals surface area contributed by atoms with Crippen molar-refractivity contribution in [3.8, 4) is 0 Å². The lowest BCUT2D eigenvalue weighted by Crippen LogP contribution is -2.46. The van der Waals surface area contributed by atoms with Crippen molar-refractivity contribution in [2.45, 2.75) is 18.6 Å². The molecule has 0 spiro atoms. The van der Waals surface area contributed by atoms with Crippen molar-refractivity contribution in [1.82, 2.24) is 4.90 Å². The molecule has 2 aromatic rings. The number of halogens is 3. The first kappa shape index (κ1) is 18.7. The van der Waals surface area contributed by atoms with Crippen molar-refractivity contribution in [1.29, 1.82) is 0 Å². The predicted octanol–water partition coefficient (Wildman–Crippen LogP) is 4.11. The minimum atomic E-state index is -4.58. The van der Waals surface area contributed by atoms with Crippen molar-refractivity contribution < 1.29 is 22.8 Å². The molecule has 0 saturated heterocycles. The highest BCUT2D eigenvalue weighted by molar-refractivity contribution is 5.99. The molecule has 1 N–H and O–H groups in total. The number of alkyl halides is 3. The molecular weight excluding hydrogens is 357 g/mol. The topological polar surface area (TPSA) is 49.4 Å². The van der Waals surface area contributed by atoms with Crippen LogP contribution in [0.25, 0.3) is 0 Å². The molecule has 4 nitrogen and oxygen atoms in total. The van der Waals surface area contributed by atoms with E-state index < -0.39 is 24.0 Å². The Bertz CT molecular complexity index is 876. The summed E-state index contributed by atoms with van der Waals surface area (Å²) in [7, 11) is 0. The Hall–Kier alpha value is -3.09. The van der Waals surface area contributed by atoms with Gasteiger partial charge in [0.1, 0.15) is 0 Å². The monoisotopic (exact) mass is 374 g/mol. The van der Waals surface area contributed by atoms with Crippen LogP contribution in [-0.4, -0.2) is 29.4 Å². The van der Waals surface area contributed by atoms with Crippen LogP contribution in [0.5, 0.6) is 0 Å². The molecule has 1 unspecified atom stereocenters. The molecule has 0 saturated carbocycles. The van der Waals surface area contributed by atoms with E-state index in [4.69, 9.17) is 0 Å². The summed E-state index contributed by atoms with van der Waals surface area (Å²) >= 11 is 0. The summed E-state index contributed by atoms with van der Waals surface area (Å²) in [5.74, 6) is -1.12. The van der Waals surface area contributed by atoms with E-state index in [2.05, 4.69) is 11.9 Å². The second-order valence-corrected chi connectivity index (χ2v) is 6.16. The maximum absolute atomic E-state index is 13.7. The van der Waals surface area contributed by atoms with Crippen molar-refractivity contribution in [3.05, 3.63) is 77.9 Å². The van der Waals surface area contributed by atoms with Gasteiger partial charge in [0.2, 0.25) is 5.91 Å². The summed E-state index contributed by atoms with van der Waals surface area (Å²) in [6.07, 6.45) is -3.12. The number of fused-ring (bicyclic) bond motifs is 1. The average molecular weight is 374 g/mol. The third kappa shape index (κ3) is 3.86. The van der Waals surface area contributed by atoms with E-state index in [1.165, 1.54) is 30.3 Å². The molecule has 0 fully saturated rings. The van der Waals surface area contributed by atoms with Crippen LogP contribution in [0, 0.1) is 0 Å². The van der Waals surface area contributed by atoms with Gasteiger partial charge in [0, 0.05) is 17.8 Å². The Morgan fingerprint density at radius 1 is 1.11 bits per heavy atom. The molecule has 0 aliphatic carbocycles. The molecule has 140 valence electrons. The maximum atomic E-state index is 13.7. The van der Waals surface area contributed by atoms with E-state index in [9.17, 15) is 22.8 Å². The van der Waals surface area contributed by atoms with Crippen molar-refractivity contribution in [2.24, 2.45) is 0 Å². The van der Waals surface area contributed by atoms with Gasteiger partial charge in [0.25, 0.3) is 5.91 Å². The van der Waals surface area contributed by atoms with Gasteiger partial charge in [-0.3, -0.25) is 9.59 Å². The van der Waals surface area contributed by atoms with Gasteiger partial charge < -0.3 is 10.2 Å². The number of anilines is 1. The van der Waals surface area contributed by atoms with Crippen LogP contribution in [-0.2, 0) is 11.2 Å². The standard InChI is InChI=1S/C20H17F3N2O2/c1-2-17(26)24-15-9-7-14(8-10-15)19(27)25-12-11-13-5-3-4-6-16(13)18(25)20(21,22)23/h2-10,18H,1,11-12H2,(H,24,26). The summed E-state index contributed by atoms with van der Waals surface area (Å²) in [4.78, 5) is 24.9. The van der Waals surface area contributed by atoms with Crippen LogP contribution in [0.3, 0.4) is 0 Å². The Kier molecular flexibility index (Phi) is 5.03. The van der Waals surface area contributed by atoms with Gasteiger partial charge in [-0.25, -0.2) is 0 Å². The normalized spacial score (nSPS) is 16.4. The SMILES string of the molecule is C=CC(=O)Nc1ccc(C(=O)N2CCc3ccccc3C2C(F)(F)F)cc1. The average Bonchev–Trinajstić information content (AvgIpc) is 2.66. The van der Waals surface area contributed by atoms with Crippen LogP contribution < -0.4 is 5.32 Å². The first-order chi connectivity index (χ1) is 12.8. The zero-order valence-electron chi connectivity index (χ0n) is 14.3. The Morgan fingerprint density at radius 2 is 1.78 bits per heavy atom. The molecule has 7 heteroatoms. The van der Waals surface area contributed by atoms with Crippen molar-refractivity contribution in [3.63, 3.8) is 0 Å². The van der Waals surface area contributed by atoms with Gasteiger partial charge in [0.15, 0.2) is 6.04 Å². The molecule has 1 aliphatic heterocycles. The van der Waals surface area contributed by atoms with Crippen molar-refractivity contribution in [2.75, 3.05) is 11.9 Å². The Morgan fingerprint density at radius 3 is 2.41 bits per heavy atom. The quantitative estimate of drug-likeness (QED) is 0.822. The fourth-order valence-electron chi connectivity index (χ4n) is 3.19. The fourth-order valence-corrected chi connectivity index (χ4v) is 3.19. The van der Waals surface area contributed by atoms with Gasteiger partial charge in [0.05, 0.1) is 0 Å². The van der Waals surface area contributed by atoms with E-state index in [-0.39, 0.29) is 17.7 Å². The van der Waals surface area contributed by atoms with Crippen LogP contribution in [0.4, 0.5) is 18.9 Å². The smallest absolute Gasteiger partial charge is 0.323 e. The molecule has 1 atom stereocenters. The molecule has 0 aromatic heterocycles. The molecule has 3 rings (SSSR count). The second kappa shape index (κ2) is 7.26. The number of carbonyl (C=O) groups excluding carboxylic acids is 2. The number of rotatable bonds is 3. The molecule has 2 aromatic carbocycles. The first-order valence-electron chi connectivity index (χ1n) is 8.30. The first-order valence-corrected chi connectivity index (χ1v) is 8.30. The van der Waals surface area contributed by atoms with E-state index in [0.29, 0.717) is 17.7 Å². The number of amides is 2. The lowest BCUT2D eigenvalue weighted by Gasteiger charge is -2.38. The molecule has 27 heavy (non-hydrogen) atoms. The predicted molar refractivity (Wildman–Crippen MR) is 95.2 cm³/mol. The minimum absolute atomic E-state index is 0.0189. The Labute approximate surface area is 154 Å². The van der Waals surface area contributed by atoms with Crippen molar-refractivity contribution >= 4 is 17.5 Å². The third-order valence-corrected chi connectivity index (χ3v) is 4.44. The number of nitrogens with one attached hydrogen (secondary N) is 1. The lowest BCUT2D eigenvalue weighted by atomic mass is 9.91. The van der Waals surface area contributed by atoms with Gasteiger partial charge >= 0.3 is 6.18 Å². The zero-order chi connectivity index (χ0) is 19.6. The molecule has 1 heterocycles. The zero-order valence-corrected chi connectivity index (χ0v) is 14.3.